The summed E-state index contributed by atoms with van der Waals surface area (Å²) < 4.78 is 6.03. The van der Waals surface area contributed by atoms with Crippen LogP contribution in [0.4, 0.5) is 0 Å². The molecule has 4 rings (SSSR count). The van der Waals surface area contributed by atoms with E-state index in [4.69, 9.17) is 19.6 Å². The van der Waals surface area contributed by atoms with E-state index < -0.39 is 11.2 Å². The predicted molar refractivity (Wildman–Crippen MR) is 133 cm³/mol. The first kappa shape index (κ1) is 22.8. The second-order valence-electron chi connectivity index (χ2n) is 8.93. The number of rotatable bonds is 7. The van der Waals surface area contributed by atoms with Crippen molar-refractivity contribution in [2.45, 2.75) is 38.9 Å². The van der Waals surface area contributed by atoms with Crippen molar-refractivity contribution in [2.75, 3.05) is 0 Å². The molecule has 0 atom stereocenters. The Morgan fingerprint density at radius 1 is 0.636 bits per heavy atom. The molecule has 3 aromatic carbocycles. The Kier molecular flexibility index (Phi) is 6.41. The minimum Gasteiger partial charge on any atom is -0.427 e. The van der Waals surface area contributed by atoms with Gasteiger partial charge in [0.15, 0.2) is 17.5 Å². The van der Waals surface area contributed by atoms with E-state index in [-0.39, 0.29) is 0 Å². The van der Waals surface area contributed by atoms with E-state index in [2.05, 4.69) is 0 Å². The summed E-state index contributed by atoms with van der Waals surface area (Å²) in [5, 5.41) is 10.5. The van der Waals surface area contributed by atoms with E-state index in [1.165, 1.54) is 0 Å². The van der Waals surface area contributed by atoms with Crippen LogP contribution in [0, 0.1) is 0 Å². The Morgan fingerprint density at radius 3 is 1.61 bits per heavy atom. The first-order valence-electron chi connectivity index (χ1n) is 10.9. The van der Waals surface area contributed by atoms with Gasteiger partial charge >= 0.3 is 7.48 Å². The molecule has 0 unspecified atom stereocenters. The Bertz CT molecular complexity index is 1170. The van der Waals surface area contributed by atoms with Crippen LogP contribution < -0.4 is 5.46 Å². The zero-order valence-electron chi connectivity index (χ0n) is 19.4. The van der Waals surface area contributed by atoms with Crippen molar-refractivity contribution in [1.82, 2.24) is 15.0 Å². The van der Waals surface area contributed by atoms with Crippen LogP contribution in [-0.4, -0.2) is 38.7 Å². The summed E-state index contributed by atoms with van der Waals surface area (Å²) >= 11 is 0. The maximum absolute atomic E-state index is 10.5. The van der Waals surface area contributed by atoms with Gasteiger partial charge in [0, 0.05) is 16.7 Å². The molecule has 0 saturated heterocycles. The van der Waals surface area contributed by atoms with Gasteiger partial charge in [-0.2, -0.15) is 0 Å². The Morgan fingerprint density at radius 2 is 1.09 bits per heavy atom. The fourth-order valence-electron chi connectivity index (χ4n) is 3.09. The Balaban J connectivity index is 1.79. The minimum absolute atomic E-state index is 0.555. The van der Waals surface area contributed by atoms with E-state index in [0.29, 0.717) is 17.5 Å². The maximum Gasteiger partial charge on any atom is 0.331 e. The van der Waals surface area contributed by atoms with Gasteiger partial charge in [0.25, 0.3) is 0 Å². The molecule has 0 aliphatic carbocycles. The van der Waals surface area contributed by atoms with E-state index in [9.17, 15) is 5.11 Å². The highest BCUT2D eigenvalue weighted by Crippen LogP contribution is 2.26. The fourth-order valence-corrected chi connectivity index (χ4v) is 3.09. The zero-order chi connectivity index (χ0) is 23.5. The van der Waals surface area contributed by atoms with E-state index >= 15 is 0 Å². The predicted octanol–water partition coefficient (Wildman–Crippen LogP) is 4.68. The van der Waals surface area contributed by atoms with Crippen LogP contribution in [-0.2, 0) is 4.65 Å². The summed E-state index contributed by atoms with van der Waals surface area (Å²) in [5.41, 5.74) is 1.66. The van der Waals surface area contributed by atoms with Crippen LogP contribution in [0.5, 0.6) is 0 Å². The lowest BCUT2D eigenvalue weighted by atomic mass is 9.80. The number of hydrogen-bond acceptors (Lipinski definition) is 5. The topological polar surface area (TPSA) is 68.1 Å². The highest BCUT2D eigenvalue weighted by atomic mass is 16.5. The number of aliphatic hydroxyl groups is 1. The molecule has 0 fully saturated rings. The molecule has 1 aromatic heterocycles. The molecule has 1 N–H and O–H groups in total. The molecule has 0 saturated carbocycles. The van der Waals surface area contributed by atoms with Gasteiger partial charge in [-0.15, -0.1) is 0 Å². The molecular formula is C27H27BN3O2. The first-order valence-corrected chi connectivity index (χ1v) is 10.9. The van der Waals surface area contributed by atoms with E-state index in [1.54, 1.807) is 21.3 Å². The molecule has 5 nitrogen and oxygen atoms in total. The molecule has 1 radical (unpaired) electrons. The van der Waals surface area contributed by atoms with E-state index in [1.807, 2.05) is 98.8 Å². The molecule has 0 spiro atoms. The third kappa shape index (κ3) is 5.19. The molecule has 0 amide bonds. The summed E-state index contributed by atoms with van der Waals surface area (Å²) in [5.74, 6) is 1.76. The average molecular weight is 436 g/mol. The summed E-state index contributed by atoms with van der Waals surface area (Å²) in [6.07, 6.45) is 0. The monoisotopic (exact) mass is 436 g/mol. The molecule has 0 aliphatic heterocycles. The van der Waals surface area contributed by atoms with Crippen LogP contribution in [0.3, 0.4) is 0 Å². The summed E-state index contributed by atoms with van der Waals surface area (Å²) in [6.45, 7) is 7.18. The highest BCUT2D eigenvalue weighted by Gasteiger charge is 2.36. The maximum atomic E-state index is 10.5. The van der Waals surface area contributed by atoms with Gasteiger partial charge in [-0.05, 0) is 33.2 Å². The first-order chi connectivity index (χ1) is 15.7. The van der Waals surface area contributed by atoms with Crippen LogP contribution in [0.15, 0.2) is 84.9 Å². The number of hydrogen-bond donors (Lipinski definition) is 1. The van der Waals surface area contributed by atoms with Crippen molar-refractivity contribution in [3.63, 3.8) is 0 Å². The summed E-state index contributed by atoms with van der Waals surface area (Å²) in [7, 11) is 1.67. The molecule has 6 heteroatoms. The minimum atomic E-state index is -1.02. The normalized spacial score (nSPS) is 11.9. The van der Waals surface area contributed by atoms with Crippen molar-refractivity contribution in [3.05, 3.63) is 84.9 Å². The third-order valence-electron chi connectivity index (χ3n) is 5.85. The van der Waals surface area contributed by atoms with Gasteiger partial charge in [0.1, 0.15) is 0 Å². The summed E-state index contributed by atoms with van der Waals surface area (Å²) in [4.78, 5) is 14.4. The van der Waals surface area contributed by atoms with Crippen LogP contribution >= 0.6 is 0 Å². The zero-order valence-corrected chi connectivity index (χ0v) is 19.4. The molecule has 0 aliphatic rings. The molecular weight excluding hydrogens is 409 g/mol. The summed E-state index contributed by atoms with van der Waals surface area (Å²) in [6, 6.07) is 27.5. The van der Waals surface area contributed by atoms with Crippen molar-refractivity contribution >= 4 is 12.9 Å². The largest absolute Gasteiger partial charge is 0.427 e. The molecule has 1 heterocycles. The molecule has 33 heavy (non-hydrogen) atoms. The second-order valence-corrected chi connectivity index (χ2v) is 8.93. The van der Waals surface area contributed by atoms with Crippen molar-refractivity contribution in [3.8, 4) is 34.2 Å². The van der Waals surface area contributed by atoms with Crippen LogP contribution in [0.25, 0.3) is 34.2 Å². The Hall–Kier alpha value is -3.35. The number of aromatic nitrogens is 3. The highest BCUT2D eigenvalue weighted by molar-refractivity contribution is 6.49. The fraction of sp³-hybridized carbons (Fsp3) is 0.222. The lowest BCUT2D eigenvalue weighted by Gasteiger charge is -2.37. The SMILES string of the molecule is CC(C)(O)C(C)(C)O[B]c1ccccc1-c1nc(-c2ccccc2)nc(-c2ccccc2)n1. The quantitative estimate of drug-likeness (QED) is 0.426. The van der Waals surface area contributed by atoms with Gasteiger partial charge in [-0.1, -0.05) is 84.9 Å². The Labute approximate surface area is 195 Å². The lowest BCUT2D eigenvalue weighted by Crippen LogP contribution is -2.49. The average Bonchev–Trinajstić information content (AvgIpc) is 2.83. The number of benzene rings is 3. The lowest BCUT2D eigenvalue weighted by molar-refractivity contribution is -0.0893. The standard InChI is InChI=1S/C27H27BN3O2/c1-26(2,32)27(3,4)33-28-22-18-12-11-17-21(22)25-30-23(19-13-7-5-8-14-19)29-24(31-25)20-15-9-6-10-16-20/h5-18,32H,1-4H3. The van der Waals surface area contributed by atoms with Crippen LogP contribution in [0.1, 0.15) is 27.7 Å². The second kappa shape index (κ2) is 9.26. The smallest absolute Gasteiger partial charge is 0.331 e. The van der Waals surface area contributed by atoms with Crippen LogP contribution in [0.2, 0.25) is 0 Å². The van der Waals surface area contributed by atoms with Gasteiger partial charge in [0.05, 0.1) is 11.2 Å². The van der Waals surface area contributed by atoms with Gasteiger partial charge < -0.3 is 9.76 Å². The van der Waals surface area contributed by atoms with Gasteiger partial charge in [-0.3, -0.25) is 0 Å². The van der Waals surface area contributed by atoms with Crippen molar-refractivity contribution in [1.29, 1.82) is 0 Å². The third-order valence-corrected chi connectivity index (χ3v) is 5.85. The van der Waals surface area contributed by atoms with Crippen molar-refractivity contribution in [2.24, 2.45) is 0 Å². The van der Waals surface area contributed by atoms with Gasteiger partial charge in [-0.25, -0.2) is 15.0 Å². The number of nitrogens with zero attached hydrogens (tertiary/aromatic N) is 3. The molecule has 0 bridgehead atoms. The molecule has 165 valence electrons. The van der Waals surface area contributed by atoms with Crippen molar-refractivity contribution < 1.29 is 9.76 Å². The molecule has 4 aromatic rings. The van der Waals surface area contributed by atoms with E-state index in [0.717, 1.165) is 22.2 Å². The van der Waals surface area contributed by atoms with Gasteiger partial charge in [0.2, 0.25) is 0 Å².